The lowest BCUT2D eigenvalue weighted by molar-refractivity contribution is -0.127. The number of carbonyl (C=O) groups excluding carboxylic acids is 2. The molecule has 0 unspecified atom stereocenters. The fourth-order valence-electron chi connectivity index (χ4n) is 4.04. The summed E-state index contributed by atoms with van der Waals surface area (Å²) in [7, 11) is -2.23. The largest absolute Gasteiger partial charge is 0.460 e. The highest BCUT2D eigenvalue weighted by Crippen LogP contribution is 2.27. The molecule has 0 saturated carbocycles. The fourth-order valence-corrected chi connectivity index (χ4v) is 5.53. The summed E-state index contributed by atoms with van der Waals surface area (Å²) >= 11 is 0. The van der Waals surface area contributed by atoms with Crippen LogP contribution in [0, 0.1) is 0 Å². The molecule has 0 bridgehead atoms. The Hall–Kier alpha value is -3.37. The molecule has 10 heteroatoms. The molecule has 1 aromatic carbocycles. The Balaban J connectivity index is 1.44. The molecule has 3 heterocycles. The van der Waals surface area contributed by atoms with Gasteiger partial charge in [-0.15, -0.1) is 0 Å². The standard InChI is InChI=1S/C23H26N4O5S/c1-3-20-18(17-6-4-5-7-21(17)32-20)8-9-22(28)26-10-12-27(13-11-26)33(30,31)16-14-19(23(24)29)25(2)15-16/h4-9,14-15H,3,10-13H2,1-2H3,(H2,24,29)/b9-8+. The van der Waals surface area contributed by atoms with Crippen LogP contribution in [-0.2, 0) is 28.3 Å². The minimum Gasteiger partial charge on any atom is -0.460 e. The van der Waals surface area contributed by atoms with E-state index in [0.29, 0.717) is 6.42 Å². The number of furan rings is 1. The van der Waals surface area contributed by atoms with E-state index in [1.165, 1.54) is 27.2 Å². The van der Waals surface area contributed by atoms with Gasteiger partial charge in [-0.05, 0) is 18.2 Å². The molecule has 1 saturated heterocycles. The normalized spacial score (nSPS) is 15.5. The molecule has 33 heavy (non-hydrogen) atoms. The van der Waals surface area contributed by atoms with E-state index in [1.54, 1.807) is 18.0 Å². The smallest absolute Gasteiger partial charge is 0.265 e. The molecule has 2 aromatic heterocycles. The van der Waals surface area contributed by atoms with Crippen molar-refractivity contribution in [3.8, 4) is 0 Å². The number of hydrogen-bond acceptors (Lipinski definition) is 5. The van der Waals surface area contributed by atoms with Gasteiger partial charge in [0, 0.05) is 62.9 Å². The number of benzene rings is 1. The van der Waals surface area contributed by atoms with Crippen LogP contribution in [0.1, 0.15) is 28.7 Å². The minimum atomic E-state index is -3.79. The first-order valence-electron chi connectivity index (χ1n) is 10.7. The molecule has 0 atom stereocenters. The van der Waals surface area contributed by atoms with E-state index in [1.807, 2.05) is 31.2 Å². The third-order valence-corrected chi connectivity index (χ3v) is 7.71. The zero-order valence-electron chi connectivity index (χ0n) is 18.5. The molecule has 9 nitrogen and oxygen atoms in total. The van der Waals surface area contributed by atoms with Crippen molar-refractivity contribution in [2.45, 2.75) is 18.2 Å². The Morgan fingerprint density at radius 1 is 1.15 bits per heavy atom. The number of carbonyl (C=O) groups is 2. The number of amides is 2. The van der Waals surface area contributed by atoms with Gasteiger partial charge in [-0.1, -0.05) is 25.1 Å². The van der Waals surface area contributed by atoms with Crippen LogP contribution in [0.4, 0.5) is 0 Å². The number of hydrogen-bond donors (Lipinski definition) is 1. The van der Waals surface area contributed by atoms with Crippen LogP contribution in [0.3, 0.4) is 0 Å². The van der Waals surface area contributed by atoms with Crippen LogP contribution >= 0.6 is 0 Å². The van der Waals surface area contributed by atoms with Crippen molar-refractivity contribution in [2.24, 2.45) is 12.8 Å². The number of primary amides is 1. The third-order valence-electron chi connectivity index (χ3n) is 5.84. The van der Waals surface area contributed by atoms with E-state index in [0.717, 1.165) is 22.3 Å². The summed E-state index contributed by atoms with van der Waals surface area (Å²) in [6.45, 7) is 2.86. The molecule has 1 fully saturated rings. The van der Waals surface area contributed by atoms with Crippen molar-refractivity contribution in [1.82, 2.24) is 13.8 Å². The number of aryl methyl sites for hydroxylation is 2. The number of nitrogens with zero attached hydrogens (tertiary/aromatic N) is 3. The first-order chi connectivity index (χ1) is 15.7. The van der Waals surface area contributed by atoms with E-state index >= 15 is 0 Å². The number of piperazine rings is 1. The molecular weight excluding hydrogens is 444 g/mol. The monoisotopic (exact) mass is 470 g/mol. The van der Waals surface area contributed by atoms with E-state index < -0.39 is 15.9 Å². The maximum absolute atomic E-state index is 13.0. The van der Waals surface area contributed by atoms with Crippen LogP contribution in [0.5, 0.6) is 0 Å². The molecule has 2 N–H and O–H groups in total. The Bertz CT molecular complexity index is 1340. The first kappa shape index (κ1) is 22.8. The predicted octanol–water partition coefficient (Wildman–Crippen LogP) is 1.98. The number of aromatic nitrogens is 1. The zero-order valence-corrected chi connectivity index (χ0v) is 19.3. The number of fused-ring (bicyclic) bond motifs is 1. The topological polar surface area (TPSA) is 119 Å². The number of nitrogens with two attached hydrogens (primary N) is 1. The van der Waals surface area contributed by atoms with Crippen LogP contribution in [-0.4, -0.2) is 60.2 Å². The zero-order chi connectivity index (χ0) is 23.8. The van der Waals surface area contributed by atoms with E-state index in [4.69, 9.17) is 10.2 Å². The molecule has 1 aliphatic rings. The van der Waals surface area contributed by atoms with Gasteiger partial charge < -0.3 is 19.6 Å². The second kappa shape index (κ2) is 8.87. The van der Waals surface area contributed by atoms with Crippen LogP contribution in [0.15, 0.2) is 51.9 Å². The summed E-state index contributed by atoms with van der Waals surface area (Å²) in [5.74, 6) is -0.0674. The van der Waals surface area contributed by atoms with E-state index in [2.05, 4.69) is 0 Å². The molecule has 1 aliphatic heterocycles. The number of rotatable bonds is 6. The third kappa shape index (κ3) is 4.31. The summed E-state index contributed by atoms with van der Waals surface area (Å²) < 4.78 is 34.5. The van der Waals surface area contributed by atoms with Crippen molar-refractivity contribution >= 4 is 38.9 Å². The summed E-state index contributed by atoms with van der Waals surface area (Å²) in [6.07, 6.45) is 5.36. The molecule has 2 amide bonds. The summed E-state index contributed by atoms with van der Waals surface area (Å²) in [5.41, 5.74) is 7.07. The average Bonchev–Trinajstić information content (AvgIpc) is 3.38. The molecule has 4 rings (SSSR count). The Kier molecular flexibility index (Phi) is 6.13. The molecule has 0 aliphatic carbocycles. The lowest BCUT2D eigenvalue weighted by atomic mass is 10.1. The van der Waals surface area contributed by atoms with E-state index in [-0.39, 0.29) is 42.7 Å². The molecule has 174 valence electrons. The van der Waals surface area contributed by atoms with E-state index in [9.17, 15) is 18.0 Å². The van der Waals surface area contributed by atoms with Gasteiger partial charge in [-0.25, -0.2) is 8.42 Å². The van der Waals surface area contributed by atoms with Crippen molar-refractivity contribution < 1.29 is 22.4 Å². The van der Waals surface area contributed by atoms with Crippen molar-refractivity contribution in [1.29, 1.82) is 0 Å². The Morgan fingerprint density at radius 2 is 1.85 bits per heavy atom. The highest BCUT2D eigenvalue weighted by atomic mass is 32.2. The van der Waals surface area contributed by atoms with Gasteiger partial charge in [-0.2, -0.15) is 4.31 Å². The highest BCUT2D eigenvalue weighted by Gasteiger charge is 2.31. The van der Waals surface area contributed by atoms with Gasteiger partial charge in [0.15, 0.2) is 0 Å². The Morgan fingerprint density at radius 3 is 2.48 bits per heavy atom. The van der Waals surface area contributed by atoms with Gasteiger partial charge >= 0.3 is 0 Å². The summed E-state index contributed by atoms with van der Waals surface area (Å²) in [4.78, 5) is 25.8. The SMILES string of the molecule is CCc1oc2ccccc2c1/C=C/C(=O)N1CCN(S(=O)(=O)c2cc(C(N)=O)n(C)c2)CC1. The molecule has 0 spiro atoms. The molecular formula is C23H26N4O5S. The van der Waals surface area contributed by atoms with Crippen molar-refractivity contribution in [3.63, 3.8) is 0 Å². The highest BCUT2D eigenvalue weighted by molar-refractivity contribution is 7.89. The number of sulfonamides is 1. The van der Waals surface area contributed by atoms with Crippen LogP contribution in [0.25, 0.3) is 17.0 Å². The van der Waals surface area contributed by atoms with Gasteiger partial charge in [0.2, 0.25) is 15.9 Å². The quantitative estimate of drug-likeness (QED) is 0.553. The van der Waals surface area contributed by atoms with Gasteiger partial charge in [0.25, 0.3) is 5.91 Å². The first-order valence-corrected chi connectivity index (χ1v) is 12.1. The van der Waals surface area contributed by atoms with Gasteiger partial charge in [0.05, 0.1) is 0 Å². The van der Waals surface area contributed by atoms with Gasteiger partial charge in [-0.3, -0.25) is 9.59 Å². The fraction of sp³-hybridized carbons (Fsp3) is 0.304. The lowest BCUT2D eigenvalue weighted by Gasteiger charge is -2.33. The van der Waals surface area contributed by atoms with Crippen LogP contribution < -0.4 is 5.73 Å². The summed E-state index contributed by atoms with van der Waals surface area (Å²) in [6, 6.07) is 8.96. The maximum atomic E-state index is 13.0. The predicted molar refractivity (Wildman–Crippen MR) is 124 cm³/mol. The summed E-state index contributed by atoms with van der Waals surface area (Å²) in [5, 5.41) is 0.951. The molecule has 0 radical (unpaired) electrons. The lowest BCUT2D eigenvalue weighted by Crippen LogP contribution is -2.50. The molecule has 3 aromatic rings. The minimum absolute atomic E-state index is 0.0115. The van der Waals surface area contributed by atoms with Crippen molar-refractivity contribution in [2.75, 3.05) is 26.2 Å². The number of para-hydroxylation sites is 1. The van der Waals surface area contributed by atoms with Crippen molar-refractivity contribution in [3.05, 3.63) is 59.6 Å². The van der Waals surface area contributed by atoms with Gasteiger partial charge in [0.1, 0.15) is 21.9 Å². The second-order valence-corrected chi connectivity index (χ2v) is 9.83. The second-order valence-electron chi connectivity index (χ2n) is 7.89. The Labute approximate surface area is 192 Å². The maximum Gasteiger partial charge on any atom is 0.265 e. The average molecular weight is 471 g/mol. The van der Waals surface area contributed by atoms with Crippen LogP contribution in [0.2, 0.25) is 0 Å².